The van der Waals surface area contributed by atoms with Gasteiger partial charge in [-0.15, -0.1) is 0 Å². The van der Waals surface area contributed by atoms with Crippen molar-refractivity contribution in [2.45, 2.75) is 78.2 Å². The van der Waals surface area contributed by atoms with Gasteiger partial charge < -0.3 is 10.0 Å². The summed E-state index contributed by atoms with van der Waals surface area (Å²) < 4.78 is 0. The number of rotatable bonds is 4. The third-order valence-corrected chi connectivity index (χ3v) is 5.85. The van der Waals surface area contributed by atoms with E-state index >= 15 is 0 Å². The molecule has 2 fully saturated rings. The fourth-order valence-corrected chi connectivity index (χ4v) is 4.29. The average Bonchev–Trinajstić information content (AvgIpc) is 2.59. The predicted molar refractivity (Wildman–Crippen MR) is 86.4 cm³/mol. The first-order valence-electron chi connectivity index (χ1n) is 8.83. The molecule has 3 unspecified atom stereocenters. The number of carboxylic acids is 1. The van der Waals surface area contributed by atoms with Crippen LogP contribution in [0.15, 0.2) is 0 Å². The van der Waals surface area contributed by atoms with Crippen LogP contribution in [0.1, 0.15) is 72.1 Å². The van der Waals surface area contributed by atoms with Crippen molar-refractivity contribution in [3.8, 4) is 0 Å². The molecule has 0 amide bonds. The molecule has 1 aliphatic carbocycles. The van der Waals surface area contributed by atoms with Crippen LogP contribution in [0.3, 0.4) is 0 Å². The van der Waals surface area contributed by atoms with E-state index in [4.69, 9.17) is 5.11 Å². The minimum atomic E-state index is -0.643. The quantitative estimate of drug-likeness (QED) is 0.791. The molecule has 0 aromatic heterocycles. The van der Waals surface area contributed by atoms with Gasteiger partial charge in [0.1, 0.15) is 0 Å². The highest BCUT2D eigenvalue weighted by atomic mass is 16.4. The van der Waals surface area contributed by atoms with E-state index in [2.05, 4.69) is 25.7 Å². The van der Waals surface area contributed by atoms with E-state index in [1.807, 2.05) is 0 Å². The normalized spacial score (nSPS) is 32.3. The molecule has 0 spiro atoms. The number of hydrogen-bond acceptors (Lipinski definition) is 2. The summed E-state index contributed by atoms with van der Waals surface area (Å²) in [7, 11) is 0. The van der Waals surface area contributed by atoms with E-state index in [1.165, 1.54) is 51.5 Å². The van der Waals surface area contributed by atoms with E-state index < -0.39 is 5.97 Å². The van der Waals surface area contributed by atoms with Gasteiger partial charge >= 0.3 is 5.97 Å². The highest BCUT2D eigenvalue weighted by Gasteiger charge is 2.32. The van der Waals surface area contributed by atoms with Crippen LogP contribution in [-0.4, -0.2) is 35.1 Å². The maximum Gasteiger partial charge on any atom is 0.303 e. The highest BCUT2D eigenvalue weighted by Crippen LogP contribution is 2.37. The number of hydrogen-bond donors (Lipinski definition) is 1. The average molecular weight is 295 g/mol. The summed E-state index contributed by atoms with van der Waals surface area (Å²) in [4.78, 5) is 13.6. The Morgan fingerprint density at radius 1 is 1.24 bits per heavy atom. The number of aliphatic carboxylic acids is 1. The van der Waals surface area contributed by atoms with E-state index in [0.29, 0.717) is 23.7 Å². The summed E-state index contributed by atoms with van der Waals surface area (Å²) in [6, 6.07) is 0.742. The van der Waals surface area contributed by atoms with Crippen LogP contribution in [0.4, 0.5) is 0 Å². The zero-order chi connectivity index (χ0) is 15.5. The van der Waals surface area contributed by atoms with Gasteiger partial charge in [0.15, 0.2) is 0 Å². The van der Waals surface area contributed by atoms with Gasteiger partial charge in [0.2, 0.25) is 0 Å². The smallest absolute Gasteiger partial charge is 0.303 e. The van der Waals surface area contributed by atoms with E-state index in [-0.39, 0.29) is 0 Å². The molecule has 1 saturated heterocycles. The van der Waals surface area contributed by atoms with Crippen LogP contribution in [-0.2, 0) is 4.79 Å². The van der Waals surface area contributed by atoms with Gasteiger partial charge in [-0.2, -0.15) is 0 Å². The number of carbonyl (C=O) groups is 1. The molecule has 1 N–H and O–H groups in total. The number of likely N-dealkylation sites (tertiary alicyclic amines) is 1. The summed E-state index contributed by atoms with van der Waals surface area (Å²) in [5.41, 5.74) is 0.514. The van der Waals surface area contributed by atoms with Crippen molar-refractivity contribution in [2.24, 2.45) is 17.3 Å². The van der Waals surface area contributed by atoms with Crippen molar-refractivity contribution in [2.75, 3.05) is 13.1 Å². The van der Waals surface area contributed by atoms with Gasteiger partial charge in [0.05, 0.1) is 0 Å². The van der Waals surface area contributed by atoms with Crippen LogP contribution in [0, 0.1) is 17.3 Å². The van der Waals surface area contributed by atoms with Crippen molar-refractivity contribution >= 4 is 5.97 Å². The second-order valence-electron chi connectivity index (χ2n) is 8.22. The lowest BCUT2D eigenvalue weighted by atomic mass is 9.83. The predicted octanol–water partition coefficient (Wildman–Crippen LogP) is 4.17. The Kier molecular flexibility index (Phi) is 5.70. The first-order valence-corrected chi connectivity index (χ1v) is 8.83. The Hall–Kier alpha value is -0.570. The molecule has 1 heterocycles. The van der Waals surface area contributed by atoms with Crippen LogP contribution >= 0.6 is 0 Å². The number of nitrogens with zero attached hydrogens (tertiary/aromatic N) is 1. The SMILES string of the molecule is CC(CC(=O)O)C1CCCN(C2CCCC(C)(C)CC2)C1. The Morgan fingerprint density at radius 2 is 2.00 bits per heavy atom. The maximum atomic E-state index is 10.9. The monoisotopic (exact) mass is 295 g/mol. The molecule has 0 aromatic rings. The molecule has 0 aromatic carbocycles. The molecule has 1 aliphatic heterocycles. The van der Waals surface area contributed by atoms with Gasteiger partial charge in [-0.05, 0) is 62.3 Å². The Labute approximate surface area is 130 Å². The summed E-state index contributed by atoms with van der Waals surface area (Å²) in [5, 5.41) is 9.01. The molecule has 2 aliphatic rings. The second kappa shape index (κ2) is 7.13. The Balaban J connectivity index is 1.89. The summed E-state index contributed by atoms with van der Waals surface area (Å²) in [6.45, 7) is 9.28. The first-order chi connectivity index (χ1) is 9.87. The highest BCUT2D eigenvalue weighted by molar-refractivity contribution is 5.67. The summed E-state index contributed by atoms with van der Waals surface area (Å²) >= 11 is 0. The molecular weight excluding hydrogens is 262 g/mol. The minimum absolute atomic E-state index is 0.313. The molecule has 21 heavy (non-hydrogen) atoms. The van der Waals surface area contributed by atoms with Crippen molar-refractivity contribution < 1.29 is 9.90 Å². The van der Waals surface area contributed by atoms with Gasteiger partial charge in [0.25, 0.3) is 0 Å². The Bertz CT molecular complexity index is 353. The third-order valence-electron chi connectivity index (χ3n) is 5.85. The first kappa shape index (κ1) is 16.8. The number of piperidine rings is 1. The second-order valence-corrected chi connectivity index (χ2v) is 8.22. The molecule has 3 atom stereocenters. The van der Waals surface area contributed by atoms with E-state index in [0.717, 1.165) is 12.6 Å². The van der Waals surface area contributed by atoms with E-state index in [9.17, 15) is 4.79 Å². The Morgan fingerprint density at radius 3 is 2.71 bits per heavy atom. The van der Waals surface area contributed by atoms with Crippen molar-refractivity contribution in [1.29, 1.82) is 0 Å². The molecule has 0 radical (unpaired) electrons. The molecule has 3 nitrogen and oxygen atoms in total. The van der Waals surface area contributed by atoms with Gasteiger partial charge in [-0.1, -0.05) is 27.2 Å². The summed E-state index contributed by atoms with van der Waals surface area (Å²) in [5.74, 6) is 0.245. The molecule has 1 saturated carbocycles. The fraction of sp³-hybridized carbons (Fsp3) is 0.944. The zero-order valence-corrected chi connectivity index (χ0v) is 14.1. The largest absolute Gasteiger partial charge is 0.481 e. The maximum absolute atomic E-state index is 10.9. The minimum Gasteiger partial charge on any atom is -0.481 e. The van der Waals surface area contributed by atoms with Gasteiger partial charge in [0, 0.05) is 19.0 Å². The topological polar surface area (TPSA) is 40.5 Å². The zero-order valence-electron chi connectivity index (χ0n) is 14.1. The van der Waals surface area contributed by atoms with Crippen LogP contribution < -0.4 is 0 Å². The molecule has 2 rings (SSSR count). The lowest BCUT2D eigenvalue weighted by molar-refractivity contribution is -0.138. The van der Waals surface area contributed by atoms with Crippen LogP contribution in [0.5, 0.6) is 0 Å². The van der Waals surface area contributed by atoms with Crippen molar-refractivity contribution in [3.05, 3.63) is 0 Å². The summed E-state index contributed by atoms with van der Waals surface area (Å²) in [6.07, 6.45) is 9.49. The fourth-order valence-electron chi connectivity index (χ4n) is 4.29. The van der Waals surface area contributed by atoms with E-state index in [1.54, 1.807) is 0 Å². The van der Waals surface area contributed by atoms with Gasteiger partial charge in [-0.3, -0.25) is 4.79 Å². The molecule has 3 heteroatoms. The third kappa shape index (κ3) is 4.98. The molecule has 122 valence electrons. The molecular formula is C18H33NO2. The number of carboxylic acid groups (broad SMARTS) is 1. The van der Waals surface area contributed by atoms with Crippen LogP contribution in [0.2, 0.25) is 0 Å². The van der Waals surface area contributed by atoms with Gasteiger partial charge in [-0.25, -0.2) is 0 Å². The standard InChI is InChI=1S/C18H33NO2/c1-14(12-17(20)21)15-6-5-11-19(13-15)16-7-4-9-18(2,3)10-8-16/h14-16H,4-13H2,1-3H3,(H,20,21). The van der Waals surface area contributed by atoms with Crippen LogP contribution in [0.25, 0.3) is 0 Å². The molecule has 0 bridgehead atoms. The van der Waals surface area contributed by atoms with Crippen molar-refractivity contribution in [3.63, 3.8) is 0 Å². The van der Waals surface area contributed by atoms with Crippen molar-refractivity contribution in [1.82, 2.24) is 4.90 Å². The lowest BCUT2D eigenvalue weighted by Crippen LogP contribution is -2.44. The lowest BCUT2D eigenvalue weighted by Gasteiger charge is -2.40.